The first-order valence-corrected chi connectivity index (χ1v) is 8.65. The molecule has 0 radical (unpaired) electrons. The summed E-state index contributed by atoms with van der Waals surface area (Å²) in [5, 5.41) is 11.1. The molecule has 0 aliphatic carbocycles. The molecule has 0 spiro atoms. The highest BCUT2D eigenvalue weighted by Crippen LogP contribution is 2.25. The molecule has 1 N–H and O–H groups in total. The number of aryl methyl sites for hydroxylation is 1. The Morgan fingerprint density at radius 2 is 2.07 bits per heavy atom. The summed E-state index contributed by atoms with van der Waals surface area (Å²) in [6.07, 6.45) is 1.57. The first-order chi connectivity index (χ1) is 13.1. The Labute approximate surface area is 161 Å². The van der Waals surface area contributed by atoms with E-state index >= 15 is 0 Å². The van der Waals surface area contributed by atoms with E-state index in [1.54, 1.807) is 42.7 Å². The summed E-state index contributed by atoms with van der Waals surface area (Å²) >= 11 is 6.02. The molecule has 7 nitrogen and oxygen atoms in total. The lowest BCUT2D eigenvalue weighted by Crippen LogP contribution is -2.32. The van der Waals surface area contributed by atoms with E-state index in [2.05, 4.69) is 15.5 Å². The molecule has 0 fully saturated rings. The number of nitrogens with zero attached hydrogens (tertiary/aromatic N) is 2. The molecule has 3 rings (SSSR count). The molecular formula is C19H18ClN3O4. The summed E-state index contributed by atoms with van der Waals surface area (Å²) in [6, 6.07) is 12.4. The van der Waals surface area contributed by atoms with Crippen molar-refractivity contribution >= 4 is 17.5 Å². The molecule has 0 saturated heterocycles. The number of rotatable bonds is 8. The number of nitrogens with one attached hydrogen (secondary N) is 1. The van der Waals surface area contributed by atoms with E-state index in [0.717, 1.165) is 5.56 Å². The molecule has 8 heteroatoms. The number of hydrogen-bond donors (Lipinski definition) is 1. The van der Waals surface area contributed by atoms with Gasteiger partial charge in [-0.05, 0) is 42.8 Å². The standard InChI is InChI=1S/C19H18ClN3O4/c1-13-4-5-14(20)17(11-13)27-12-18(24)21-8-10-26-19-7-6-15(22-23-19)16-3-2-9-25-16/h2-7,9,11H,8,10,12H2,1H3,(H,21,24). The highest BCUT2D eigenvalue weighted by Gasteiger charge is 2.07. The number of furan rings is 1. The number of carbonyl (C=O) groups is 1. The largest absolute Gasteiger partial charge is 0.482 e. The molecular weight excluding hydrogens is 370 g/mol. The van der Waals surface area contributed by atoms with E-state index < -0.39 is 0 Å². The van der Waals surface area contributed by atoms with Crippen LogP contribution in [0.15, 0.2) is 53.1 Å². The SMILES string of the molecule is Cc1ccc(Cl)c(OCC(=O)NCCOc2ccc(-c3ccco3)nn2)c1. The van der Waals surface area contributed by atoms with Crippen LogP contribution in [0.25, 0.3) is 11.5 Å². The van der Waals surface area contributed by atoms with Crippen molar-refractivity contribution in [1.29, 1.82) is 0 Å². The Hall–Kier alpha value is -3.06. The quantitative estimate of drug-likeness (QED) is 0.597. The zero-order valence-electron chi connectivity index (χ0n) is 14.6. The minimum absolute atomic E-state index is 0.124. The lowest BCUT2D eigenvalue weighted by atomic mass is 10.2. The fraction of sp³-hybridized carbons (Fsp3) is 0.211. The van der Waals surface area contributed by atoms with Gasteiger partial charge in [0.2, 0.25) is 5.88 Å². The fourth-order valence-corrected chi connectivity index (χ4v) is 2.39. The van der Waals surface area contributed by atoms with E-state index in [-0.39, 0.29) is 19.1 Å². The second-order valence-corrected chi connectivity index (χ2v) is 6.06. The van der Waals surface area contributed by atoms with Crippen molar-refractivity contribution in [3.05, 3.63) is 59.3 Å². The van der Waals surface area contributed by atoms with Crippen LogP contribution in [0.5, 0.6) is 11.6 Å². The maximum atomic E-state index is 11.8. The van der Waals surface area contributed by atoms with Crippen LogP contribution in [0.2, 0.25) is 5.02 Å². The van der Waals surface area contributed by atoms with Gasteiger partial charge in [0.05, 0.1) is 17.8 Å². The van der Waals surface area contributed by atoms with Gasteiger partial charge in [-0.1, -0.05) is 17.7 Å². The van der Waals surface area contributed by atoms with Crippen LogP contribution in [-0.4, -0.2) is 35.9 Å². The van der Waals surface area contributed by atoms with Gasteiger partial charge in [0, 0.05) is 6.07 Å². The summed E-state index contributed by atoms with van der Waals surface area (Å²) in [7, 11) is 0. The van der Waals surface area contributed by atoms with Crippen LogP contribution >= 0.6 is 11.6 Å². The number of amides is 1. The van der Waals surface area contributed by atoms with E-state index in [1.807, 2.05) is 13.0 Å². The van der Waals surface area contributed by atoms with Crippen LogP contribution in [0.3, 0.4) is 0 Å². The molecule has 27 heavy (non-hydrogen) atoms. The number of carbonyl (C=O) groups excluding carboxylic acids is 1. The number of benzene rings is 1. The Bertz CT molecular complexity index is 882. The van der Waals surface area contributed by atoms with Gasteiger partial charge < -0.3 is 19.2 Å². The monoisotopic (exact) mass is 387 g/mol. The third-order valence-electron chi connectivity index (χ3n) is 3.53. The molecule has 0 aliphatic rings. The Kier molecular flexibility index (Phi) is 6.27. The van der Waals surface area contributed by atoms with Crippen LogP contribution < -0.4 is 14.8 Å². The average molecular weight is 388 g/mol. The molecule has 0 aliphatic heterocycles. The predicted octanol–water partition coefficient (Wildman–Crippen LogP) is 3.27. The number of ether oxygens (including phenoxy) is 2. The van der Waals surface area contributed by atoms with Crippen LogP contribution in [0, 0.1) is 6.92 Å². The normalized spacial score (nSPS) is 10.4. The van der Waals surface area contributed by atoms with E-state index in [4.69, 9.17) is 25.5 Å². The van der Waals surface area contributed by atoms with Crippen molar-refractivity contribution in [3.63, 3.8) is 0 Å². The molecule has 0 unspecified atom stereocenters. The van der Waals surface area contributed by atoms with Gasteiger partial charge in [0.15, 0.2) is 12.4 Å². The molecule has 3 aromatic rings. The van der Waals surface area contributed by atoms with Crippen LogP contribution in [-0.2, 0) is 4.79 Å². The lowest BCUT2D eigenvalue weighted by molar-refractivity contribution is -0.123. The summed E-state index contributed by atoms with van der Waals surface area (Å²) in [6.45, 7) is 2.36. The maximum Gasteiger partial charge on any atom is 0.258 e. The van der Waals surface area contributed by atoms with Gasteiger partial charge in [-0.2, -0.15) is 0 Å². The van der Waals surface area contributed by atoms with Crippen molar-refractivity contribution in [2.75, 3.05) is 19.8 Å². The Morgan fingerprint density at radius 1 is 1.19 bits per heavy atom. The lowest BCUT2D eigenvalue weighted by Gasteiger charge is -2.10. The van der Waals surface area contributed by atoms with Crippen LogP contribution in [0.1, 0.15) is 5.56 Å². The smallest absolute Gasteiger partial charge is 0.258 e. The first-order valence-electron chi connectivity index (χ1n) is 8.28. The molecule has 2 aromatic heterocycles. The van der Waals surface area contributed by atoms with E-state index in [9.17, 15) is 4.79 Å². The van der Waals surface area contributed by atoms with Gasteiger partial charge in [0.1, 0.15) is 18.1 Å². The fourth-order valence-electron chi connectivity index (χ4n) is 2.21. The molecule has 140 valence electrons. The molecule has 2 heterocycles. The molecule has 0 saturated carbocycles. The van der Waals surface area contributed by atoms with Crippen molar-refractivity contribution in [3.8, 4) is 23.1 Å². The van der Waals surface area contributed by atoms with E-state index in [1.165, 1.54) is 0 Å². The topological polar surface area (TPSA) is 86.5 Å². The summed E-state index contributed by atoms with van der Waals surface area (Å²) in [5.74, 6) is 1.21. The number of aromatic nitrogens is 2. The van der Waals surface area contributed by atoms with Gasteiger partial charge in [-0.25, -0.2) is 0 Å². The van der Waals surface area contributed by atoms with Crippen LogP contribution in [0.4, 0.5) is 0 Å². The van der Waals surface area contributed by atoms with Gasteiger partial charge in [0.25, 0.3) is 5.91 Å². The minimum Gasteiger partial charge on any atom is -0.482 e. The van der Waals surface area contributed by atoms with Crippen molar-refractivity contribution in [1.82, 2.24) is 15.5 Å². The molecule has 0 bridgehead atoms. The summed E-state index contributed by atoms with van der Waals surface area (Å²) in [4.78, 5) is 11.8. The highest BCUT2D eigenvalue weighted by molar-refractivity contribution is 6.32. The number of hydrogen-bond acceptors (Lipinski definition) is 6. The van der Waals surface area contributed by atoms with E-state index in [0.29, 0.717) is 34.7 Å². The van der Waals surface area contributed by atoms with Gasteiger partial charge in [-0.15, -0.1) is 10.2 Å². The highest BCUT2D eigenvalue weighted by atomic mass is 35.5. The minimum atomic E-state index is -0.268. The average Bonchev–Trinajstić information content (AvgIpc) is 3.21. The van der Waals surface area contributed by atoms with Gasteiger partial charge >= 0.3 is 0 Å². The second kappa shape index (κ2) is 9.05. The zero-order valence-corrected chi connectivity index (χ0v) is 15.4. The number of halogens is 1. The summed E-state index contributed by atoms with van der Waals surface area (Å²) in [5.41, 5.74) is 1.62. The zero-order chi connectivity index (χ0) is 19.1. The molecule has 1 aromatic carbocycles. The first kappa shape index (κ1) is 18.7. The predicted molar refractivity (Wildman–Crippen MR) is 99.9 cm³/mol. The second-order valence-electron chi connectivity index (χ2n) is 5.66. The van der Waals surface area contributed by atoms with Crippen molar-refractivity contribution in [2.24, 2.45) is 0 Å². The molecule has 1 amide bonds. The van der Waals surface area contributed by atoms with Crippen molar-refractivity contribution in [2.45, 2.75) is 6.92 Å². The third kappa shape index (κ3) is 5.46. The van der Waals surface area contributed by atoms with Crippen molar-refractivity contribution < 1.29 is 18.7 Å². The Morgan fingerprint density at radius 3 is 2.81 bits per heavy atom. The molecule has 0 atom stereocenters. The third-order valence-corrected chi connectivity index (χ3v) is 3.85. The van der Waals surface area contributed by atoms with Gasteiger partial charge in [-0.3, -0.25) is 4.79 Å². The summed E-state index contributed by atoms with van der Waals surface area (Å²) < 4.78 is 16.1. The Balaban J connectivity index is 1.37. The maximum absolute atomic E-state index is 11.8.